The normalized spacial score (nSPS) is 25.6. The smallest absolute Gasteiger partial charge is 0.122 e. The number of ether oxygens (including phenoxy) is 1. The summed E-state index contributed by atoms with van der Waals surface area (Å²) in [4.78, 5) is 0. The van der Waals surface area contributed by atoms with Gasteiger partial charge in [0.2, 0.25) is 0 Å². The van der Waals surface area contributed by atoms with E-state index in [1.165, 1.54) is 11.1 Å². The summed E-state index contributed by atoms with van der Waals surface area (Å²) < 4.78 is 5.38. The molecule has 0 amide bonds. The Morgan fingerprint density at radius 3 is 2.93 bits per heavy atom. The van der Waals surface area contributed by atoms with Crippen LogP contribution in [0.1, 0.15) is 30.4 Å². The van der Waals surface area contributed by atoms with Crippen LogP contribution in [0.3, 0.4) is 0 Å². The number of aryl methyl sites for hydroxylation is 1. The zero-order valence-corrected chi connectivity index (χ0v) is 8.79. The van der Waals surface area contributed by atoms with Crippen LogP contribution in [0.5, 0.6) is 5.75 Å². The van der Waals surface area contributed by atoms with Gasteiger partial charge < -0.3 is 10.5 Å². The lowest BCUT2D eigenvalue weighted by Gasteiger charge is -2.29. The molecular weight excluding hydrogens is 174 g/mol. The van der Waals surface area contributed by atoms with Crippen LogP contribution in [0.15, 0.2) is 18.2 Å². The summed E-state index contributed by atoms with van der Waals surface area (Å²) in [6.45, 7) is 2.19. The summed E-state index contributed by atoms with van der Waals surface area (Å²) in [6.07, 6.45) is 2.17. The maximum atomic E-state index is 6.06. The molecule has 0 fully saturated rings. The third-order valence-corrected chi connectivity index (χ3v) is 3.22. The summed E-state index contributed by atoms with van der Waals surface area (Å²) in [5.74, 6) is 1.40. The van der Waals surface area contributed by atoms with Crippen molar-refractivity contribution in [3.8, 4) is 5.75 Å². The second kappa shape index (κ2) is 3.62. The van der Waals surface area contributed by atoms with Gasteiger partial charge in [-0.1, -0.05) is 19.1 Å². The predicted molar refractivity (Wildman–Crippen MR) is 57.7 cm³/mol. The maximum absolute atomic E-state index is 6.06. The molecule has 0 radical (unpaired) electrons. The molecule has 0 saturated heterocycles. The van der Waals surface area contributed by atoms with E-state index < -0.39 is 0 Å². The van der Waals surface area contributed by atoms with Gasteiger partial charge in [-0.25, -0.2) is 0 Å². The number of nitrogens with two attached hydrogens (primary N) is 1. The van der Waals surface area contributed by atoms with Crippen molar-refractivity contribution in [2.45, 2.75) is 31.7 Å². The van der Waals surface area contributed by atoms with Gasteiger partial charge in [0.15, 0.2) is 0 Å². The third kappa shape index (κ3) is 1.40. The number of hydrogen-bond acceptors (Lipinski definition) is 2. The van der Waals surface area contributed by atoms with Crippen molar-refractivity contribution in [2.24, 2.45) is 5.73 Å². The van der Waals surface area contributed by atoms with Crippen LogP contribution in [0.2, 0.25) is 0 Å². The predicted octanol–water partition coefficient (Wildman–Crippen LogP) is 2.07. The van der Waals surface area contributed by atoms with E-state index in [0.29, 0.717) is 5.92 Å². The molecule has 2 nitrogen and oxygen atoms in total. The molecule has 2 rings (SSSR count). The Hall–Kier alpha value is -1.02. The summed E-state index contributed by atoms with van der Waals surface area (Å²) in [5, 5.41) is 0. The van der Waals surface area contributed by atoms with Crippen LogP contribution in [0.25, 0.3) is 0 Å². The topological polar surface area (TPSA) is 35.2 Å². The van der Waals surface area contributed by atoms with E-state index in [1.807, 2.05) is 6.07 Å². The van der Waals surface area contributed by atoms with Crippen LogP contribution >= 0.6 is 0 Å². The first-order chi connectivity index (χ1) is 6.74. The second-order valence-electron chi connectivity index (χ2n) is 4.02. The fraction of sp³-hybridized carbons (Fsp3) is 0.500. The molecule has 0 aromatic heterocycles. The van der Waals surface area contributed by atoms with Crippen LogP contribution < -0.4 is 10.5 Å². The van der Waals surface area contributed by atoms with Gasteiger partial charge in [0.25, 0.3) is 0 Å². The first-order valence-corrected chi connectivity index (χ1v) is 5.15. The Bertz CT molecular complexity index is 321. The molecule has 1 aromatic rings. The summed E-state index contributed by atoms with van der Waals surface area (Å²) in [6, 6.07) is 6.54. The molecule has 14 heavy (non-hydrogen) atoms. The Morgan fingerprint density at radius 1 is 1.43 bits per heavy atom. The van der Waals surface area contributed by atoms with E-state index >= 15 is 0 Å². The molecule has 2 N–H and O–H groups in total. The van der Waals surface area contributed by atoms with Crippen LogP contribution in [-0.2, 0) is 6.42 Å². The highest BCUT2D eigenvalue weighted by molar-refractivity contribution is 5.45. The zero-order chi connectivity index (χ0) is 10.1. The van der Waals surface area contributed by atoms with E-state index in [-0.39, 0.29) is 6.04 Å². The number of benzene rings is 1. The third-order valence-electron chi connectivity index (χ3n) is 3.22. The summed E-state index contributed by atoms with van der Waals surface area (Å²) in [5.41, 5.74) is 8.78. The Morgan fingerprint density at radius 2 is 2.21 bits per heavy atom. The van der Waals surface area contributed by atoms with Crippen molar-refractivity contribution >= 4 is 0 Å². The van der Waals surface area contributed by atoms with Crippen LogP contribution in [0, 0.1) is 0 Å². The molecule has 1 aromatic carbocycles. The zero-order valence-electron chi connectivity index (χ0n) is 8.79. The van der Waals surface area contributed by atoms with E-state index in [1.54, 1.807) is 7.11 Å². The Labute approximate surface area is 85.1 Å². The van der Waals surface area contributed by atoms with E-state index in [4.69, 9.17) is 10.5 Å². The standard InChI is InChI=1S/C12H17NO/c1-8-10(13)7-6-9-4-3-5-11(14-2)12(8)9/h3-5,8,10H,6-7,13H2,1-2H3/t8?,10-/m0/s1. The molecule has 0 saturated carbocycles. The van der Waals surface area contributed by atoms with Crippen LogP contribution in [0.4, 0.5) is 0 Å². The van der Waals surface area contributed by atoms with Gasteiger partial charge in [-0.2, -0.15) is 0 Å². The lowest BCUT2D eigenvalue weighted by molar-refractivity contribution is 0.393. The van der Waals surface area contributed by atoms with Crippen molar-refractivity contribution in [1.29, 1.82) is 0 Å². The highest BCUT2D eigenvalue weighted by atomic mass is 16.5. The minimum Gasteiger partial charge on any atom is -0.496 e. The van der Waals surface area contributed by atoms with Crippen molar-refractivity contribution in [2.75, 3.05) is 7.11 Å². The molecule has 1 unspecified atom stereocenters. The van der Waals surface area contributed by atoms with Crippen molar-refractivity contribution in [3.05, 3.63) is 29.3 Å². The molecule has 0 aliphatic heterocycles. The average molecular weight is 191 g/mol. The van der Waals surface area contributed by atoms with Crippen LogP contribution in [-0.4, -0.2) is 13.2 Å². The number of rotatable bonds is 1. The number of fused-ring (bicyclic) bond motifs is 1. The molecular formula is C12H17NO. The average Bonchev–Trinajstić information content (AvgIpc) is 2.23. The molecule has 0 heterocycles. The molecule has 0 bridgehead atoms. The highest BCUT2D eigenvalue weighted by Gasteiger charge is 2.25. The van der Waals surface area contributed by atoms with Gasteiger partial charge >= 0.3 is 0 Å². The van der Waals surface area contributed by atoms with Gasteiger partial charge in [-0.05, 0) is 24.5 Å². The lowest BCUT2D eigenvalue weighted by Crippen LogP contribution is -2.31. The summed E-state index contributed by atoms with van der Waals surface area (Å²) in [7, 11) is 1.72. The van der Waals surface area contributed by atoms with E-state index in [0.717, 1.165) is 18.6 Å². The highest BCUT2D eigenvalue weighted by Crippen LogP contribution is 2.36. The second-order valence-corrected chi connectivity index (χ2v) is 4.02. The molecule has 0 spiro atoms. The SMILES string of the molecule is COc1cccc2c1C(C)[C@@H](N)CC2. The fourth-order valence-electron chi connectivity index (χ4n) is 2.29. The summed E-state index contributed by atoms with van der Waals surface area (Å²) >= 11 is 0. The molecule has 2 heteroatoms. The van der Waals surface area contributed by atoms with Gasteiger partial charge in [0.05, 0.1) is 7.11 Å². The maximum Gasteiger partial charge on any atom is 0.122 e. The van der Waals surface area contributed by atoms with Crippen molar-refractivity contribution in [3.63, 3.8) is 0 Å². The van der Waals surface area contributed by atoms with Gasteiger partial charge in [0, 0.05) is 17.5 Å². The minimum atomic E-state index is 0.277. The molecule has 76 valence electrons. The van der Waals surface area contributed by atoms with Gasteiger partial charge in [-0.3, -0.25) is 0 Å². The number of hydrogen-bond donors (Lipinski definition) is 1. The molecule has 1 aliphatic rings. The first-order valence-electron chi connectivity index (χ1n) is 5.15. The minimum absolute atomic E-state index is 0.277. The van der Waals surface area contributed by atoms with Gasteiger partial charge in [-0.15, -0.1) is 0 Å². The van der Waals surface area contributed by atoms with Crippen molar-refractivity contribution in [1.82, 2.24) is 0 Å². The Kier molecular flexibility index (Phi) is 2.46. The van der Waals surface area contributed by atoms with E-state index in [9.17, 15) is 0 Å². The number of methoxy groups -OCH3 is 1. The first kappa shape index (κ1) is 9.53. The largest absolute Gasteiger partial charge is 0.496 e. The Balaban J connectivity index is 2.49. The molecule has 1 aliphatic carbocycles. The van der Waals surface area contributed by atoms with Crippen molar-refractivity contribution < 1.29 is 4.74 Å². The fourth-order valence-corrected chi connectivity index (χ4v) is 2.29. The van der Waals surface area contributed by atoms with Gasteiger partial charge in [0.1, 0.15) is 5.75 Å². The van der Waals surface area contributed by atoms with E-state index in [2.05, 4.69) is 19.1 Å². The quantitative estimate of drug-likeness (QED) is 0.737. The monoisotopic (exact) mass is 191 g/mol. The lowest BCUT2D eigenvalue weighted by atomic mass is 9.80. The molecule has 2 atom stereocenters.